The molecule has 0 spiro atoms. The maximum Gasteiger partial charge on any atom is 0.330 e. The molecule has 0 aliphatic carbocycles. The summed E-state index contributed by atoms with van der Waals surface area (Å²) in [5.74, 6) is -7.49. The van der Waals surface area contributed by atoms with Crippen LogP contribution in [0.15, 0.2) is 151 Å². The van der Waals surface area contributed by atoms with E-state index in [1.165, 1.54) is 0 Å². The largest absolute Gasteiger partial charge is 0.481 e. The fraction of sp³-hybridized carbons (Fsp3) is 0.487. The van der Waals surface area contributed by atoms with Crippen molar-refractivity contribution in [3.8, 4) is 0 Å². The van der Waals surface area contributed by atoms with Crippen LogP contribution in [0.2, 0.25) is 0 Å². The van der Waals surface area contributed by atoms with Gasteiger partial charge in [-0.1, -0.05) is 92.5 Å². The zero-order valence-electron chi connectivity index (χ0n) is 68.4. The number of epoxide rings is 1. The number of carboxylic acids is 2. The van der Waals surface area contributed by atoms with Crippen LogP contribution in [0.5, 0.6) is 0 Å². The van der Waals surface area contributed by atoms with Gasteiger partial charge in [0.05, 0.1) is 97.9 Å². The maximum atomic E-state index is 10.7. The zero-order chi connectivity index (χ0) is 93.5. The molecule has 1 rings (SSSR count). The molecular formula is C76H123NO41Y2-2. The summed E-state index contributed by atoms with van der Waals surface area (Å²) < 4.78 is 68.7. The Hall–Kier alpha value is -8.44. The van der Waals surface area contributed by atoms with Gasteiger partial charge in [0.2, 0.25) is 5.91 Å². The molecule has 2 radical (unpaired) electrons. The smallest absolute Gasteiger partial charge is 0.330 e. The SMILES string of the molecule is C=C(C)C(=O)NCC(C)O.C=CC(=O)O.C=CC(=O)OCC(O)CC.C=CC(=O)OCC(O)CO.C=CC(=O)OCC(O)COCCO.C=CC(=O)OCC(O)COCCOC.C=CC(=O)OCC(O)COC[CH2-].C=CC(=O)OCC([CH2-])O.C=CC(=O)OCC1CO1.C=CC(=O)OCCC(=O)O.C=CC(=O)OCCO.C=CC(=O)OCCO.[Y].[Y]. The van der Waals surface area contributed by atoms with Gasteiger partial charge in [-0.05, 0) is 26.4 Å². The molecule has 1 amide bonds. The molecule has 0 bridgehead atoms. The predicted molar refractivity (Wildman–Crippen MR) is 421 cm³/mol. The summed E-state index contributed by atoms with van der Waals surface area (Å²) in [6.45, 7) is 51.5. The number of rotatable bonds is 49. The van der Waals surface area contributed by atoms with Crippen molar-refractivity contribution in [3.05, 3.63) is 165 Å². The van der Waals surface area contributed by atoms with Crippen molar-refractivity contribution in [2.24, 2.45) is 0 Å². The van der Waals surface area contributed by atoms with Gasteiger partial charge in [0.25, 0.3) is 0 Å². The fourth-order valence-corrected chi connectivity index (χ4v) is 4.10. The van der Waals surface area contributed by atoms with Crippen LogP contribution >= 0.6 is 0 Å². The van der Waals surface area contributed by atoms with Crippen LogP contribution in [0.3, 0.4) is 0 Å². The van der Waals surface area contributed by atoms with E-state index in [2.05, 4.69) is 145 Å². The first-order valence-electron chi connectivity index (χ1n) is 34.2. The Morgan fingerprint density at radius 2 is 0.725 bits per heavy atom. The molecule has 120 heavy (non-hydrogen) atoms. The molecule has 42 nitrogen and oxygen atoms in total. The summed E-state index contributed by atoms with van der Waals surface area (Å²) in [5.41, 5.74) is 0.459. The number of aliphatic carboxylic acids is 2. The Kier molecular flexibility index (Phi) is 129. The second-order valence-electron chi connectivity index (χ2n) is 20.3. The molecule has 686 valence electrons. The maximum absolute atomic E-state index is 10.7. The summed E-state index contributed by atoms with van der Waals surface area (Å²) in [5, 5.41) is 113. The van der Waals surface area contributed by atoms with Gasteiger partial charge in [0.1, 0.15) is 90.0 Å². The topological polar surface area (TPSA) is 639 Å². The van der Waals surface area contributed by atoms with Crippen LogP contribution < -0.4 is 5.32 Å². The van der Waals surface area contributed by atoms with Crippen LogP contribution in [0, 0.1) is 13.8 Å². The van der Waals surface area contributed by atoms with Crippen molar-refractivity contribution in [1.82, 2.24) is 5.32 Å². The van der Waals surface area contributed by atoms with E-state index in [4.69, 9.17) is 85.0 Å². The number of hydrogen-bond acceptors (Lipinski definition) is 39. The summed E-state index contributed by atoms with van der Waals surface area (Å²) >= 11 is 0. The van der Waals surface area contributed by atoms with Crippen molar-refractivity contribution in [2.75, 3.05) is 159 Å². The van der Waals surface area contributed by atoms with Crippen LogP contribution in [0.4, 0.5) is 0 Å². The van der Waals surface area contributed by atoms with E-state index < -0.39 is 115 Å². The Balaban J connectivity index is -0.0000000950. The Labute approximate surface area is 749 Å². The minimum Gasteiger partial charge on any atom is -0.481 e. The fourth-order valence-electron chi connectivity index (χ4n) is 4.10. The van der Waals surface area contributed by atoms with Gasteiger partial charge < -0.3 is 157 Å². The van der Waals surface area contributed by atoms with E-state index >= 15 is 0 Å². The van der Waals surface area contributed by atoms with E-state index in [9.17, 15) is 67.4 Å². The number of carbonyl (C=O) groups excluding carboxylic acids is 11. The van der Waals surface area contributed by atoms with Crippen molar-refractivity contribution in [2.45, 2.75) is 82.4 Å². The van der Waals surface area contributed by atoms with Crippen molar-refractivity contribution in [3.63, 3.8) is 0 Å². The van der Waals surface area contributed by atoms with Crippen molar-refractivity contribution >= 4 is 77.5 Å². The Morgan fingerprint density at radius 1 is 0.433 bits per heavy atom. The molecule has 8 unspecified atom stereocenters. The van der Waals surface area contributed by atoms with E-state index in [0.29, 0.717) is 38.4 Å². The second kappa shape index (κ2) is 111. The average molecular weight is 1880 g/mol. The van der Waals surface area contributed by atoms with E-state index in [0.717, 1.165) is 66.8 Å². The molecule has 44 heteroatoms. The molecular weight excluding hydrogens is 1760 g/mol. The molecule has 0 aromatic rings. The van der Waals surface area contributed by atoms with Gasteiger partial charge in [0, 0.05) is 151 Å². The minimum atomic E-state index is -0.996. The molecule has 1 aliphatic heterocycles. The van der Waals surface area contributed by atoms with Crippen molar-refractivity contribution in [1.29, 1.82) is 0 Å². The van der Waals surface area contributed by atoms with Gasteiger partial charge in [0.15, 0.2) is 0 Å². The number of nitrogens with one attached hydrogen (secondary N) is 1. The molecule has 14 N–H and O–H groups in total. The third-order valence-corrected chi connectivity index (χ3v) is 9.76. The van der Waals surface area contributed by atoms with Crippen molar-refractivity contribution < 1.29 is 265 Å². The van der Waals surface area contributed by atoms with Gasteiger partial charge in [-0.25, -0.2) is 52.7 Å². The first-order valence-corrected chi connectivity index (χ1v) is 34.2. The van der Waals surface area contributed by atoms with E-state index in [-0.39, 0.29) is 209 Å². The molecule has 1 aliphatic rings. The standard InChI is InChI=1S/C9H16O5.C8H14O5.C8H13O4.C7H13NO2.C7H12O3.C6H10O4.C6H8O4.C6H8O3.C6H9O3.2C5H8O3.C3H4O2.2Y/c1-3-9(11)14-7-8(10)6-13-5-4-12-2;1-2-8(11)13-6-7(10)5-12-4-3-9;1-3-8(10)12-6-7(9)5-11-4-2;1-5(2)7(10)8-4-6(3)9;1-3-6(8)5-10-7(9)4-2;1-2-6(9)10-4-5(8)3-7;1-2-6(9)10-4-3-5(7)8;1-2-6(7)9-4-5-3-8-5;1-3-6(8)9-4-5(2)7;2*1-2-5(7)8-4-3-6;1-2-3(4)5;;/h3,8,10H,1,4-7H2,2H3;2,7,9-10H,1,3-6H2;3,7,9H,1-2,4-6H2;6,9H,1,4H2,2-3H3,(H,8,10);4,6,8H,2-3,5H2,1H3;2,5,7-8H,1,3-4H2;2H,1,3-4H2,(H,7,8);2,5H,1,3-4H2;3,5,7H,1-2,4H2;2*2,6H,1,3-4H2;2H,1H2,(H,4,5);;/q;;-1;;;;;;-1;;;;;. The Morgan fingerprint density at radius 3 is 0.983 bits per heavy atom. The van der Waals surface area contributed by atoms with Gasteiger partial charge >= 0.3 is 71.6 Å². The average Bonchev–Trinajstić information content (AvgIpc) is 1.80. The van der Waals surface area contributed by atoms with Crippen LogP contribution in [0.1, 0.15) is 33.6 Å². The molecule has 1 fully saturated rings. The quantitative estimate of drug-likeness (QED) is 0.00802. The molecule has 8 atom stereocenters. The van der Waals surface area contributed by atoms with E-state index in [1.54, 1.807) is 21.0 Å². The second-order valence-corrected chi connectivity index (χ2v) is 20.3. The van der Waals surface area contributed by atoms with Crippen LogP contribution in [-0.2, 0) is 199 Å². The monoisotopic (exact) mass is 1880 g/mol. The van der Waals surface area contributed by atoms with Gasteiger partial charge in [-0.2, -0.15) is 0 Å². The normalized spacial score (nSPS) is 11.7. The number of amides is 1. The zero-order valence-corrected chi connectivity index (χ0v) is 74.1. The number of methoxy groups -OCH3 is 1. The summed E-state index contributed by atoms with van der Waals surface area (Å²) in [4.78, 5) is 133. The number of carbonyl (C=O) groups is 13. The number of carboxylic acid groups (broad SMARTS) is 2. The number of esters is 10. The Bertz CT molecular complexity index is 2700. The summed E-state index contributed by atoms with van der Waals surface area (Å²) in [6.07, 6.45) is 6.45. The van der Waals surface area contributed by atoms with Crippen LogP contribution in [0.25, 0.3) is 0 Å². The predicted octanol–water partition coefficient (Wildman–Crippen LogP) is -1.75. The van der Waals surface area contributed by atoms with Crippen LogP contribution in [-0.4, -0.2) is 352 Å². The number of ether oxygens (including phenoxy) is 15. The summed E-state index contributed by atoms with van der Waals surface area (Å²) in [7, 11) is 1.56. The third-order valence-electron chi connectivity index (χ3n) is 9.76. The third kappa shape index (κ3) is 148. The number of aliphatic hydroxyl groups is 11. The molecule has 0 aromatic heterocycles. The molecule has 0 aromatic carbocycles. The minimum absolute atomic E-state index is 0. The molecule has 1 heterocycles. The van der Waals surface area contributed by atoms with Gasteiger partial charge in [-0.15, -0.1) is 0 Å². The first kappa shape index (κ1) is 140. The van der Waals surface area contributed by atoms with Gasteiger partial charge in [-0.3, -0.25) is 9.59 Å². The number of aliphatic hydroxyl groups excluding tert-OH is 11. The molecule has 0 saturated carbocycles. The van der Waals surface area contributed by atoms with E-state index in [1.807, 2.05) is 6.92 Å². The first-order chi connectivity index (χ1) is 55.6. The molecule has 1 saturated heterocycles. The summed E-state index contributed by atoms with van der Waals surface area (Å²) in [6, 6.07) is 0. The number of hydrogen-bond donors (Lipinski definition) is 14.